The maximum atomic E-state index is 12.8. The standard InChI is InChI=1S/C16H20N4OS/c1-18-11-17-14-10-19(8-12-4-2-7-22-12)9-13(15(14)18)16(21)20-5-3-6-20/h2,4,7,11,13H,3,5-6,8-10H2,1H3. The number of thiophene rings is 1. The summed E-state index contributed by atoms with van der Waals surface area (Å²) in [5, 5.41) is 2.11. The molecule has 5 nitrogen and oxygen atoms in total. The van der Waals surface area contributed by atoms with Crippen LogP contribution in [0.1, 0.15) is 28.6 Å². The van der Waals surface area contributed by atoms with Gasteiger partial charge in [0.2, 0.25) is 5.91 Å². The number of hydrogen-bond acceptors (Lipinski definition) is 4. The Morgan fingerprint density at radius 2 is 2.32 bits per heavy atom. The van der Waals surface area contributed by atoms with E-state index in [0.717, 1.165) is 50.5 Å². The monoisotopic (exact) mass is 316 g/mol. The number of hydrogen-bond donors (Lipinski definition) is 0. The number of amides is 1. The van der Waals surface area contributed by atoms with Crippen LogP contribution in [0.3, 0.4) is 0 Å². The SMILES string of the molecule is Cn1cnc2c1C(C(=O)N1CCC1)CN(Cc1cccs1)C2. The van der Waals surface area contributed by atoms with Gasteiger partial charge in [0.1, 0.15) is 0 Å². The van der Waals surface area contributed by atoms with Gasteiger partial charge in [-0.2, -0.15) is 0 Å². The van der Waals surface area contributed by atoms with Gasteiger partial charge in [0.05, 0.1) is 23.6 Å². The van der Waals surface area contributed by atoms with Crippen LogP contribution in [0.15, 0.2) is 23.8 Å². The summed E-state index contributed by atoms with van der Waals surface area (Å²) in [5.74, 6) is 0.198. The van der Waals surface area contributed by atoms with Gasteiger partial charge in [-0.05, 0) is 17.9 Å². The first-order valence-electron chi connectivity index (χ1n) is 7.76. The summed E-state index contributed by atoms with van der Waals surface area (Å²) in [6.07, 6.45) is 2.98. The van der Waals surface area contributed by atoms with E-state index in [-0.39, 0.29) is 11.8 Å². The van der Waals surface area contributed by atoms with Gasteiger partial charge in [0, 0.05) is 44.6 Å². The first-order valence-corrected chi connectivity index (χ1v) is 8.64. The van der Waals surface area contributed by atoms with Crippen LogP contribution in [0.5, 0.6) is 0 Å². The molecule has 1 fully saturated rings. The zero-order valence-electron chi connectivity index (χ0n) is 12.7. The van der Waals surface area contributed by atoms with E-state index < -0.39 is 0 Å². The van der Waals surface area contributed by atoms with E-state index in [9.17, 15) is 4.79 Å². The summed E-state index contributed by atoms with van der Waals surface area (Å²) < 4.78 is 2.03. The zero-order valence-corrected chi connectivity index (χ0v) is 13.6. The van der Waals surface area contributed by atoms with Crippen LogP contribution in [0.4, 0.5) is 0 Å². The van der Waals surface area contributed by atoms with E-state index in [2.05, 4.69) is 27.4 Å². The third kappa shape index (κ3) is 2.36. The van der Waals surface area contributed by atoms with Crippen LogP contribution < -0.4 is 0 Å². The first-order chi connectivity index (χ1) is 10.7. The molecular formula is C16H20N4OS. The lowest BCUT2D eigenvalue weighted by Gasteiger charge is -2.38. The Balaban J connectivity index is 1.60. The largest absolute Gasteiger partial charge is 0.342 e. The molecule has 1 unspecified atom stereocenters. The molecule has 0 radical (unpaired) electrons. The van der Waals surface area contributed by atoms with Gasteiger partial charge >= 0.3 is 0 Å². The normalized spacial score (nSPS) is 21.5. The fourth-order valence-electron chi connectivity index (χ4n) is 3.37. The maximum Gasteiger partial charge on any atom is 0.233 e. The van der Waals surface area contributed by atoms with Crippen molar-refractivity contribution in [2.75, 3.05) is 19.6 Å². The van der Waals surface area contributed by atoms with Crippen LogP contribution in [0, 0.1) is 0 Å². The Labute approximate surface area is 134 Å². The van der Waals surface area contributed by atoms with Gasteiger partial charge in [0.25, 0.3) is 0 Å². The molecule has 4 heterocycles. The highest BCUT2D eigenvalue weighted by molar-refractivity contribution is 7.09. The highest BCUT2D eigenvalue weighted by Gasteiger charge is 2.37. The van der Waals surface area contributed by atoms with Crippen LogP contribution >= 0.6 is 11.3 Å². The minimum atomic E-state index is -0.0727. The third-order valence-electron chi connectivity index (χ3n) is 4.63. The molecule has 22 heavy (non-hydrogen) atoms. The Hall–Kier alpha value is -1.66. The Bertz CT molecular complexity index is 674. The quantitative estimate of drug-likeness (QED) is 0.867. The van der Waals surface area contributed by atoms with Gasteiger partial charge < -0.3 is 9.47 Å². The fraction of sp³-hybridized carbons (Fsp3) is 0.500. The van der Waals surface area contributed by atoms with E-state index >= 15 is 0 Å². The fourth-order valence-corrected chi connectivity index (χ4v) is 4.12. The number of carbonyl (C=O) groups is 1. The smallest absolute Gasteiger partial charge is 0.233 e. The summed E-state index contributed by atoms with van der Waals surface area (Å²) in [6, 6.07) is 4.24. The van der Waals surface area contributed by atoms with Crippen molar-refractivity contribution in [3.05, 3.63) is 40.1 Å². The second-order valence-corrected chi connectivity index (χ2v) is 7.20. The van der Waals surface area contributed by atoms with Crippen molar-refractivity contribution in [3.8, 4) is 0 Å². The van der Waals surface area contributed by atoms with Crippen LogP contribution in [0.25, 0.3) is 0 Å². The van der Waals surface area contributed by atoms with Crippen LogP contribution in [-0.4, -0.2) is 44.9 Å². The molecule has 116 valence electrons. The molecule has 2 aliphatic heterocycles. The minimum Gasteiger partial charge on any atom is -0.342 e. The average Bonchev–Trinajstić information content (AvgIpc) is 3.07. The Kier molecular flexibility index (Phi) is 3.50. The highest BCUT2D eigenvalue weighted by atomic mass is 32.1. The number of likely N-dealkylation sites (tertiary alicyclic amines) is 1. The van der Waals surface area contributed by atoms with Crippen molar-refractivity contribution in [2.24, 2.45) is 7.05 Å². The van der Waals surface area contributed by atoms with Crippen molar-refractivity contribution >= 4 is 17.2 Å². The number of fused-ring (bicyclic) bond motifs is 1. The maximum absolute atomic E-state index is 12.8. The molecule has 4 rings (SSSR count). The van der Waals surface area contributed by atoms with E-state index in [1.807, 2.05) is 22.8 Å². The topological polar surface area (TPSA) is 41.4 Å². The molecule has 6 heteroatoms. The van der Waals surface area contributed by atoms with Crippen LogP contribution in [-0.2, 0) is 24.9 Å². The summed E-state index contributed by atoms with van der Waals surface area (Å²) in [7, 11) is 2.00. The van der Waals surface area contributed by atoms with Gasteiger partial charge in [-0.3, -0.25) is 9.69 Å². The van der Waals surface area contributed by atoms with E-state index in [4.69, 9.17) is 0 Å². The first kappa shape index (κ1) is 14.0. The number of aromatic nitrogens is 2. The predicted molar refractivity (Wildman–Crippen MR) is 85.6 cm³/mol. The van der Waals surface area contributed by atoms with Gasteiger partial charge in [-0.15, -0.1) is 11.3 Å². The molecule has 1 amide bonds. The molecular weight excluding hydrogens is 296 g/mol. The van der Waals surface area contributed by atoms with Crippen molar-refractivity contribution in [1.29, 1.82) is 0 Å². The zero-order chi connectivity index (χ0) is 15.1. The minimum absolute atomic E-state index is 0.0727. The molecule has 2 aromatic rings. The lowest BCUT2D eigenvalue weighted by molar-refractivity contribution is -0.137. The second kappa shape index (κ2) is 5.52. The van der Waals surface area contributed by atoms with E-state index in [0.29, 0.717) is 0 Å². The van der Waals surface area contributed by atoms with Gasteiger partial charge in [0.15, 0.2) is 0 Å². The summed E-state index contributed by atoms with van der Waals surface area (Å²) in [5.41, 5.74) is 2.17. The van der Waals surface area contributed by atoms with Crippen molar-refractivity contribution < 1.29 is 4.79 Å². The number of aryl methyl sites for hydroxylation is 1. The number of carbonyl (C=O) groups excluding carboxylic acids is 1. The number of rotatable bonds is 3. The summed E-state index contributed by atoms with van der Waals surface area (Å²) in [6.45, 7) is 4.34. The Morgan fingerprint density at radius 1 is 1.45 bits per heavy atom. The van der Waals surface area contributed by atoms with E-state index in [1.54, 1.807) is 11.3 Å². The molecule has 0 spiro atoms. The Morgan fingerprint density at radius 3 is 3.00 bits per heavy atom. The molecule has 1 saturated heterocycles. The molecule has 0 bridgehead atoms. The lowest BCUT2D eigenvalue weighted by atomic mass is 9.95. The molecule has 0 aliphatic carbocycles. The molecule has 0 N–H and O–H groups in total. The van der Waals surface area contributed by atoms with Crippen LogP contribution in [0.2, 0.25) is 0 Å². The lowest BCUT2D eigenvalue weighted by Crippen LogP contribution is -2.48. The van der Waals surface area contributed by atoms with Crippen molar-refractivity contribution in [2.45, 2.75) is 25.4 Å². The molecule has 0 aromatic carbocycles. The molecule has 2 aliphatic rings. The van der Waals surface area contributed by atoms with Gasteiger partial charge in [-0.1, -0.05) is 6.07 Å². The van der Waals surface area contributed by atoms with Crippen molar-refractivity contribution in [3.63, 3.8) is 0 Å². The molecule has 1 atom stereocenters. The highest BCUT2D eigenvalue weighted by Crippen LogP contribution is 2.31. The second-order valence-electron chi connectivity index (χ2n) is 6.17. The van der Waals surface area contributed by atoms with E-state index in [1.165, 1.54) is 4.88 Å². The van der Waals surface area contributed by atoms with Crippen molar-refractivity contribution in [1.82, 2.24) is 19.4 Å². The summed E-state index contributed by atoms with van der Waals surface area (Å²) >= 11 is 1.77. The predicted octanol–water partition coefficient (Wildman–Crippen LogP) is 1.81. The van der Waals surface area contributed by atoms with Gasteiger partial charge in [-0.25, -0.2) is 4.98 Å². The molecule has 0 saturated carbocycles. The molecule has 2 aromatic heterocycles. The third-order valence-corrected chi connectivity index (χ3v) is 5.49. The number of nitrogens with zero attached hydrogens (tertiary/aromatic N) is 4. The number of imidazole rings is 1. The summed E-state index contributed by atoms with van der Waals surface area (Å²) in [4.78, 5) is 23.0. The average molecular weight is 316 g/mol.